The van der Waals surface area contributed by atoms with Gasteiger partial charge in [-0.1, -0.05) is 19.8 Å². The van der Waals surface area contributed by atoms with Gasteiger partial charge in [0.1, 0.15) is 0 Å². The summed E-state index contributed by atoms with van der Waals surface area (Å²) in [6, 6.07) is 0.320. The lowest BCUT2D eigenvalue weighted by Crippen LogP contribution is -2.45. The number of likely N-dealkylation sites (N-methyl/N-ethyl adjacent to an activating group) is 1. The summed E-state index contributed by atoms with van der Waals surface area (Å²) in [6.07, 6.45) is 4.56. The van der Waals surface area contributed by atoms with Crippen LogP contribution in [0.5, 0.6) is 0 Å². The van der Waals surface area contributed by atoms with Crippen molar-refractivity contribution in [2.75, 3.05) is 20.1 Å². The van der Waals surface area contributed by atoms with Crippen LogP contribution in [0.4, 0.5) is 0 Å². The topological polar surface area (TPSA) is 75.4 Å². The van der Waals surface area contributed by atoms with Gasteiger partial charge in [0.2, 0.25) is 11.8 Å². The number of hydrogen-bond acceptors (Lipinski definition) is 3. The molecule has 0 aliphatic heterocycles. The average molecular weight is 278 g/mol. The summed E-state index contributed by atoms with van der Waals surface area (Å²) < 4.78 is 0. The maximum absolute atomic E-state index is 11.8. The van der Waals surface area contributed by atoms with Crippen LogP contribution < -0.4 is 11.1 Å². The molecule has 2 amide bonds. The van der Waals surface area contributed by atoms with Crippen molar-refractivity contribution in [3.63, 3.8) is 0 Å². The third-order valence-corrected chi connectivity index (χ3v) is 3.47. The number of halogens is 1. The molecular formula is C12H24ClN3O2. The molecule has 0 radical (unpaired) electrons. The molecule has 1 aliphatic carbocycles. The highest BCUT2D eigenvalue weighted by Gasteiger charge is 2.25. The lowest BCUT2D eigenvalue weighted by molar-refractivity contribution is -0.134. The Morgan fingerprint density at radius 2 is 2.06 bits per heavy atom. The molecule has 3 N–H and O–H groups in total. The van der Waals surface area contributed by atoms with Crippen molar-refractivity contribution in [1.82, 2.24) is 10.2 Å². The van der Waals surface area contributed by atoms with E-state index in [0.717, 1.165) is 12.8 Å². The van der Waals surface area contributed by atoms with E-state index in [1.807, 2.05) is 7.05 Å². The van der Waals surface area contributed by atoms with Crippen molar-refractivity contribution in [3.8, 4) is 0 Å². The Bertz CT molecular complexity index is 286. The first-order chi connectivity index (χ1) is 8.04. The zero-order chi connectivity index (χ0) is 12.8. The minimum atomic E-state index is -0.288. The first kappa shape index (κ1) is 17.2. The largest absolute Gasteiger partial charge is 0.346 e. The second kappa shape index (κ2) is 8.32. The highest BCUT2D eigenvalue weighted by atomic mass is 35.5. The first-order valence-electron chi connectivity index (χ1n) is 6.27. The van der Waals surface area contributed by atoms with E-state index in [9.17, 15) is 9.59 Å². The molecule has 5 nitrogen and oxygen atoms in total. The molecule has 1 aliphatic rings. The van der Waals surface area contributed by atoms with Gasteiger partial charge in [-0.2, -0.15) is 0 Å². The Kier molecular flexibility index (Phi) is 7.95. The molecule has 2 atom stereocenters. The molecular weight excluding hydrogens is 254 g/mol. The third-order valence-electron chi connectivity index (χ3n) is 3.47. The van der Waals surface area contributed by atoms with Crippen molar-refractivity contribution < 1.29 is 9.59 Å². The summed E-state index contributed by atoms with van der Waals surface area (Å²) in [5, 5.41) is 2.51. The molecule has 0 aromatic heterocycles. The SMILES string of the molecule is CC1CCCC(N(C)C(=O)CNC(=O)CN)C1.Cl. The van der Waals surface area contributed by atoms with Crippen molar-refractivity contribution in [2.45, 2.75) is 38.6 Å². The number of carbonyl (C=O) groups excluding carboxylic acids is 2. The van der Waals surface area contributed by atoms with Gasteiger partial charge in [0, 0.05) is 13.1 Å². The highest BCUT2D eigenvalue weighted by molar-refractivity contribution is 5.85. The summed E-state index contributed by atoms with van der Waals surface area (Å²) in [5.74, 6) is 0.359. The van der Waals surface area contributed by atoms with Gasteiger partial charge in [0.05, 0.1) is 13.1 Å². The second-order valence-electron chi connectivity index (χ2n) is 4.91. The molecule has 0 aromatic rings. The number of carbonyl (C=O) groups is 2. The normalized spacial score (nSPS) is 22.8. The number of amides is 2. The summed E-state index contributed by atoms with van der Waals surface area (Å²) >= 11 is 0. The molecule has 0 saturated heterocycles. The number of nitrogens with one attached hydrogen (secondary N) is 1. The molecule has 0 heterocycles. The van der Waals surface area contributed by atoms with E-state index in [0.29, 0.717) is 12.0 Å². The number of nitrogens with zero attached hydrogens (tertiary/aromatic N) is 1. The smallest absolute Gasteiger partial charge is 0.241 e. The zero-order valence-corrected chi connectivity index (χ0v) is 12.0. The molecule has 6 heteroatoms. The van der Waals surface area contributed by atoms with Crippen molar-refractivity contribution >= 4 is 24.2 Å². The molecule has 0 bridgehead atoms. The van der Waals surface area contributed by atoms with Crippen LogP contribution in [0.1, 0.15) is 32.6 Å². The molecule has 1 fully saturated rings. The average Bonchev–Trinajstić information content (AvgIpc) is 2.34. The van der Waals surface area contributed by atoms with Gasteiger partial charge >= 0.3 is 0 Å². The van der Waals surface area contributed by atoms with Crippen LogP contribution in [-0.4, -0.2) is 42.9 Å². The van der Waals surface area contributed by atoms with Crippen molar-refractivity contribution in [1.29, 1.82) is 0 Å². The van der Waals surface area contributed by atoms with Crippen LogP contribution >= 0.6 is 12.4 Å². The van der Waals surface area contributed by atoms with Crippen LogP contribution in [0.2, 0.25) is 0 Å². The maximum atomic E-state index is 11.8. The fraction of sp³-hybridized carbons (Fsp3) is 0.833. The summed E-state index contributed by atoms with van der Waals surface area (Å²) in [5.41, 5.74) is 5.16. The Hall–Kier alpha value is -0.810. The quantitative estimate of drug-likeness (QED) is 0.787. The molecule has 0 spiro atoms. The lowest BCUT2D eigenvalue weighted by Gasteiger charge is -2.34. The lowest BCUT2D eigenvalue weighted by atomic mass is 9.86. The van der Waals surface area contributed by atoms with Crippen LogP contribution in [0, 0.1) is 5.92 Å². The standard InChI is InChI=1S/C12H23N3O2.ClH/c1-9-4-3-5-10(6-9)15(2)12(17)8-14-11(16)7-13;/h9-10H,3-8,13H2,1-2H3,(H,14,16);1H. The van der Waals surface area contributed by atoms with E-state index < -0.39 is 0 Å². The molecule has 2 unspecified atom stereocenters. The van der Waals surface area contributed by atoms with Gasteiger partial charge in [0.15, 0.2) is 0 Å². The van der Waals surface area contributed by atoms with E-state index in [2.05, 4.69) is 12.2 Å². The predicted molar refractivity (Wildman–Crippen MR) is 73.5 cm³/mol. The molecule has 1 saturated carbocycles. The second-order valence-corrected chi connectivity index (χ2v) is 4.91. The number of nitrogens with two attached hydrogens (primary N) is 1. The van der Waals surface area contributed by atoms with Crippen LogP contribution in [-0.2, 0) is 9.59 Å². The van der Waals surface area contributed by atoms with E-state index in [4.69, 9.17) is 5.73 Å². The molecule has 106 valence electrons. The predicted octanol–water partition coefficient (Wildman–Crippen LogP) is 0.520. The molecule has 18 heavy (non-hydrogen) atoms. The number of hydrogen-bond donors (Lipinski definition) is 2. The minimum Gasteiger partial charge on any atom is -0.346 e. The molecule has 0 aromatic carbocycles. The Labute approximate surface area is 115 Å². The Morgan fingerprint density at radius 1 is 1.39 bits per heavy atom. The van der Waals surface area contributed by atoms with Crippen LogP contribution in [0.25, 0.3) is 0 Å². The fourth-order valence-corrected chi connectivity index (χ4v) is 2.33. The molecule has 1 rings (SSSR count). The van der Waals surface area contributed by atoms with Gasteiger partial charge in [-0.15, -0.1) is 12.4 Å². The fourth-order valence-electron chi connectivity index (χ4n) is 2.33. The summed E-state index contributed by atoms with van der Waals surface area (Å²) in [4.78, 5) is 24.6. The summed E-state index contributed by atoms with van der Waals surface area (Å²) in [7, 11) is 1.82. The monoisotopic (exact) mass is 277 g/mol. The van der Waals surface area contributed by atoms with Crippen molar-refractivity contribution in [2.24, 2.45) is 11.7 Å². The van der Waals surface area contributed by atoms with Gasteiger partial charge in [0.25, 0.3) is 0 Å². The van der Waals surface area contributed by atoms with Crippen LogP contribution in [0.15, 0.2) is 0 Å². The zero-order valence-electron chi connectivity index (χ0n) is 11.1. The summed E-state index contributed by atoms with van der Waals surface area (Å²) in [6.45, 7) is 2.20. The van der Waals surface area contributed by atoms with E-state index in [1.54, 1.807) is 4.90 Å². The van der Waals surface area contributed by atoms with E-state index >= 15 is 0 Å². The van der Waals surface area contributed by atoms with E-state index in [-0.39, 0.29) is 37.3 Å². The van der Waals surface area contributed by atoms with Crippen LogP contribution in [0.3, 0.4) is 0 Å². The van der Waals surface area contributed by atoms with E-state index in [1.165, 1.54) is 12.8 Å². The minimum absolute atomic E-state index is 0. The Balaban J connectivity index is 0.00000289. The van der Waals surface area contributed by atoms with Gasteiger partial charge in [-0.25, -0.2) is 0 Å². The number of rotatable bonds is 4. The van der Waals surface area contributed by atoms with Crippen molar-refractivity contribution in [3.05, 3.63) is 0 Å². The highest BCUT2D eigenvalue weighted by Crippen LogP contribution is 2.26. The van der Waals surface area contributed by atoms with Gasteiger partial charge in [-0.3, -0.25) is 9.59 Å². The van der Waals surface area contributed by atoms with Gasteiger partial charge in [-0.05, 0) is 18.8 Å². The maximum Gasteiger partial charge on any atom is 0.241 e. The van der Waals surface area contributed by atoms with Gasteiger partial charge < -0.3 is 16.0 Å². The third kappa shape index (κ3) is 5.23. The first-order valence-corrected chi connectivity index (χ1v) is 6.27. The Morgan fingerprint density at radius 3 is 2.61 bits per heavy atom.